The van der Waals surface area contributed by atoms with Gasteiger partial charge in [0.15, 0.2) is 0 Å². The van der Waals surface area contributed by atoms with Crippen LogP contribution < -0.4 is 0 Å². The molecule has 0 radical (unpaired) electrons. The fraction of sp³-hybridized carbons (Fsp3) is 0.750. The highest BCUT2D eigenvalue weighted by Gasteiger charge is 2.15. The lowest BCUT2D eigenvalue weighted by molar-refractivity contribution is 0.195. The molecule has 0 amide bonds. The predicted octanol–water partition coefficient (Wildman–Crippen LogP) is 1.46. The van der Waals surface area contributed by atoms with Crippen molar-refractivity contribution in [3.8, 4) is 0 Å². The molecule has 0 saturated carbocycles. The highest BCUT2D eigenvalue weighted by atomic mass is 32.2. The lowest BCUT2D eigenvalue weighted by atomic mass is 10.1. The maximum absolute atomic E-state index is 10.8. The van der Waals surface area contributed by atoms with Gasteiger partial charge in [0.2, 0.25) is 0 Å². The lowest BCUT2D eigenvalue weighted by Crippen LogP contribution is -2.16. The predicted molar refractivity (Wildman–Crippen MR) is 47.3 cm³/mol. The Morgan fingerprint density at radius 1 is 1.25 bits per heavy atom. The number of allylic oxidation sites excluding steroid dienone is 2. The van der Waals surface area contributed by atoms with Gasteiger partial charge in [0.25, 0.3) is 10.1 Å². The van der Waals surface area contributed by atoms with Crippen LogP contribution in [0.1, 0.15) is 25.7 Å². The van der Waals surface area contributed by atoms with Gasteiger partial charge < -0.3 is 0 Å². The molecule has 0 heterocycles. The first kappa shape index (κ1) is 9.74. The molecule has 1 aliphatic rings. The van der Waals surface area contributed by atoms with Crippen molar-refractivity contribution in [1.29, 1.82) is 0 Å². The quantitative estimate of drug-likeness (QED) is 0.489. The largest absolute Gasteiger partial charge is 0.267 e. The molecule has 0 aromatic heterocycles. The third kappa shape index (κ3) is 3.88. The molecule has 12 heavy (non-hydrogen) atoms. The third-order valence-corrected chi connectivity index (χ3v) is 2.41. The van der Waals surface area contributed by atoms with Gasteiger partial charge in [-0.15, -0.1) is 0 Å². The average molecular weight is 190 g/mol. The molecule has 0 aromatic rings. The van der Waals surface area contributed by atoms with Crippen molar-refractivity contribution in [3.63, 3.8) is 0 Å². The summed E-state index contributed by atoms with van der Waals surface area (Å²) in [5.41, 5.74) is 0. The topological polar surface area (TPSA) is 43.4 Å². The first-order chi connectivity index (χ1) is 5.58. The van der Waals surface area contributed by atoms with E-state index in [4.69, 9.17) is 4.18 Å². The smallest absolute Gasteiger partial charge is 0.264 e. The van der Waals surface area contributed by atoms with E-state index in [1.165, 1.54) is 0 Å². The normalized spacial score (nSPS) is 20.8. The second-order valence-electron chi connectivity index (χ2n) is 3.05. The molecule has 0 bridgehead atoms. The Hall–Kier alpha value is -0.350. The molecule has 3 nitrogen and oxygen atoms in total. The molecule has 0 saturated heterocycles. The highest BCUT2D eigenvalue weighted by molar-refractivity contribution is 7.86. The summed E-state index contributed by atoms with van der Waals surface area (Å²) in [4.78, 5) is 0. The van der Waals surface area contributed by atoms with Gasteiger partial charge in [0.1, 0.15) is 0 Å². The number of rotatable bonds is 2. The van der Waals surface area contributed by atoms with Gasteiger partial charge >= 0.3 is 0 Å². The summed E-state index contributed by atoms with van der Waals surface area (Å²) in [6.07, 6.45) is 8.59. The van der Waals surface area contributed by atoms with Crippen LogP contribution in [0.15, 0.2) is 12.2 Å². The van der Waals surface area contributed by atoms with Gasteiger partial charge in [-0.1, -0.05) is 12.2 Å². The minimum absolute atomic E-state index is 0.116. The summed E-state index contributed by atoms with van der Waals surface area (Å²) in [5.74, 6) is 0. The van der Waals surface area contributed by atoms with Gasteiger partial charge in [-0.3, -0.25) is 4.18 Å². The Bertz CT molecular complexity index is 243. The van der Waals surface area contributed by atoms with E-state index in [0.717, 1.165) is 31.9 Å². The van der Waals surface area contributed by atoms with E-state index in [1.54, 1.807) is 0 Å². The molecule has 4 heteroatoms. The molecule has 0 unspecified atom stereocenters. The number of hydrogen-bond acceptors (Lipinski definition) is 3. The monoisotopic (exact) mass is 190 g/mol. The molecular formula is C8H14O3S. The molecule has 0 aromatic carbocycles. The zero-order valence-corrected chi connectivity index (χ0v) is 8.01. The molecule has 70 valence electrons. The molecular weight excluding hydrogens is 176 g/mol. The Kier molecular flexibility index (Phi) is 3.29. The second kappa shape index (κ2) is 4.05. The molecule has 0 fully saturated rings. The maximum Gasteiger partial charge on any atom is 0.264 e. The summed E-state index contributed by atoms with van der Waals surface area (Å²) >= 11 is 0. The SMILES string of the molecule is CS(=O)(=O)OC1CCC=CCC1. The van der Waals surface area contributed by atoms with Gasteiger partial charge in [-0.25, -0.2) is 0 Å². The van der Waals surface area contributed by atoms with Crippen LogP contribution in [-0.4, -0.2) is 20.8 Å². The van der Waals surface area contributed by atoms with Crippen LogP contribution in [0.3, 0.4) is 0 Å². The maximum atomic E-state index is 10.8. The summed E-state index contributed by atoms with van der Waals surface area (Å²) < 4.78 is 26.4. The van der Waals surface area contributed by atoms with Crippen LogP contribution in [0.4, 0.5) is 0 Å². The molecule has 1 aliphatic carbocycles. The Morgan fingerprint density at radius 2 is 1.75 bits per heavy atom. The van der Waals surface area contributed by atoms with Gasteiger partial charge in [0, 0.05) is 0 Å². The number of hydrogen-bond donors (Lipinski definition) is 0. The van der Waals surface area contributed by atoms with E-state index in [2.05, 4.69) is 12.2 Å². The zero-order chi connectivity index (χ0) is 9.03. The second-order valence-corrected chi connectivity index (χ2v) is 4.65. The van der Waals surface area contributed by atoms with E-state index in [1.807, 2.05) is 0 Å². The minimum atomic E-state index is -3.27. The van der Waals surface area contributed by atoms with Crippen molar-refractivity contribution in [2.24, 2.45) is 0 Å². The Morgan fingerprint density at radius 3 is 2.17 bits per heavy atom. The molecule has 1 rings (SSSR count). The van der Waals surface area contributed by atoms with E-state index in [9.17, 15) is 8.42 Å². The minimum Gasteiger partial charge on any atom is -0.267 e. The third-order valence-electron chi connectivity index (χ3n) is 1.79. The molecule has 0 atom stereocenters. The lowest BCUT2D eigenvalue weighted by Gasteiger charge is -2.12. The summed E-state index contributed by atoms with van der Waals surface area (Å²) in [6.45, 7) is 0. The van der Waals surface area contributed by atoms with Crippen LogP contribution in [0.25, 0.3) is 0 Å². The first-order valence-corrected chi connectivity index (χ1v) is 5.93. The van der Waals surface area contributed by atoms with Crippen molar-refractivity contribution < 1.29 is 12.6 Å². The Labute approximate surface area is 73.5 Å². The molecule has 0 N–H and O–H groups in total. The standard InChI is InChI=1S/C8H14O3S/c1-12(9,10)11-8-6-4-2-3-5-7-8/h2-3,8H,4-7H2,1H3. The highest BCUT2D eigenvalue weighted by Crippen LogP contribution is 2.16. The van der Waals surface area contributed by atoms with Crippen molar-refractivity contribution >= 4 is 10.1 Å². The van der Waals surface area contributed by atoms with Crippen molar-refractivity contribution in [2.75, 3.05) is 6.26 Å². The summed E-state index contributed by atoms with van der Waals surface area (Å²) in [6, 6.07) is 0. The zero-order valence-electron chi connectivity index (χ0n) is 7.19. The van der Waals surface area contributed by atoms with Gasteiger partial charge in [-0.2, -0.15) is 8.42 Å². The molecule has 0 spiro atoms. The van der Waals surface area contributed by atoms with Crippen LogP contribution in [0.5, 0.6) is 0 Å². The molecule has 0 aliphatic heterocycles. The van der Waals surface area contributed by atoms with E-state index in [-0.39, 0.29) is 6.10 Å². The van der Waals surface area contributed by atoms with Crippen molar-refractivity contribution in [2.45, 2.75) is 31.8 Å². The Balaban J connectivity index is 2.43. The summed E-state index contributed by atoms with van der Waals surface area (Å²) in [7, 11) is -3.27. The van der Waals surface area contributed by atoms with E-state index in [0.29, 0.717) is 0 Å². The van der Waals surface area contributed by atoms with Gasteiger partial charge in [0.05, 0.1) is 12.4 Å². The fourth-order valence-corrected chi connectivity index (χ4v) is 1.97. The summed E-state index contributed by atoms with van der Waals surface area (Å²) in [5, 5.41) is 0. The fourth-order valence-electron chi connectivity index (χ4n) is 1.29. The van der Waals surface area contributed by atoms with Crippen LogP contribution in [-0.2, 0) is 14.3 Å². The first-order valence-electron chi connectivity index (χ1n) is 4.11. The van der Waals surface area contributed by atoms with Crippen LogP contribution in [0.2, 0.25) is 0 Å². The van der Waals surface area contributed by atoms with E-state index < -0.39 is 10.1 Å². The van der Waals surface area contributed by atoms with Gasteiger partial charge in [-0.05, 0) is 25.7 Å². The van der Waals surface area contributed by atoms with Crippen LogP contribution in [0, 0.1) is 0 Å². The average Bonchev–Trinajstić information content (AvgIpc) is 2.12. The van der Waals surface area contributed by atoms with Crippen molar-refractivity contribution in [3.05, 3.63) is 12.2 Å². The van der Waals surface area contributed by atoms with Crippen LogP contribution >= 0.6 is 0 Å². The van der Waals surface area contributed by atoms with Crippen molar-refractivity contribution in [1.82, 2.24) is 0 Å². The van der Waals surface area contributed by atoms with E-state index >= 15 is 0 Å².